The van der Waals surface area contributed by atoms with Crippen molar-refractivity contribution in [1.82, 2.24) is 0 Å². The van der Waals surface area contributed by atoms with E-state index in [0.717, 1.165) is 44.9 Å². The number of hydrogen-bond donors (Lipinski definition) is 2. The first kappa shape index (κ1) is 26.2. The lowest BCUT2D eigenvalue weighted by molar-refractivity contribution is -0.146. The molecule has 6 atom stereocenters. The Morgan fingerprint density at radius 1 is 0.971 bits per heavy atom. The summed E-state index contributed by atoms with van der Waals surface area (Å²) in [7, 11) is 0. The number of allylic oxidation sites excluding steroid dienone is 3. The Labute approximate surface area is 210 Å². The molecule has 0 heterocycles. The van der Waals surface area contributed by atoms with Gasteiger partial charge >= 0.3 is 11.9 Å². The Bertz CT molecular complexity index is 1000. The van der Waals surface area contributed by atoms with E-state index < -0.39 is 17.9 Å². The van der Waals surface area contributed by atoms with Crippen molar-refractivity contribution in [3.8, 4) is 0 Å². The maximum Gasteiger partial charge on any atom is 0.330 e. The Balaban J connectivity index is 1.66. The molecular weight excluding hydrogens is 440 g/mol. The molecule has 0 aromatic rings. The van der Waals surface area contributed by atoms with Gasteiger partial charge < -0.3 is 10.2 Å². The Morgan fingerprint density at radius 2 is 1.66 bits per heavy atom. The van der Waals surface area contributed by atoms with Crippen LogP contribution in [0.15, 0.2) is 22.8 Å². The number of carboxylic acid groups (broad SMARTS) is 2. The SMILES string of the molecule is C/C(=C\CC[C@@H](C(=O)O)[C@H]1CC[C@@]2(C)C3=C(CC[C@]12C)[C@@]1(C)CCC(=O)C(C)(C)[C@@H]1CC3)C(=O)O. The summed E-state index contributed by atoms with van der Waals surface area (Å²) in [4.78, 5) is 36.4. The topological polar surface area (TPSA) is 91.7 Å². The third-order valence-electron chi connectivity index (χ3n) is 11.6. The molecule has 5 nitrogen and oxygen atoms in total. The van der Waals surface area contributed by atoms with E-state index in [1.165, 1.54) is 0 Å². The van der Waals surface area contributed by atoms with Crippen molar-refractivity contribution >= 4 is 17.7 Å². The minimum atomic E-state index is -0.944. The molecule has 0 aliphatic heterocycles. The van der Waals surface area contributed by atoms with Crippen LogP contribution in [0.5, 0.6) is 0 Å². The van der Waals surface area contributed by atoms with Gasteiger partial charge in [-0.25, -0.2) is 4.79 Å². The number of aliphatic carboxylic acids is 2. The molecule has 2 N–H and O–H groups in total. The molecule has 2 saturated carbocycles. The molecule has 4 aliphatic carbocycles. The molecule has 0 aromatic carbocycles. The quantitative estimate of drug-likeness (QED) is 0.319. The van der Waals surface area contributed by atoms with Gasteiger partial charge in [0.2, 0.25) is 0 Å². The highest BCUT2D eigenvalue weighted by Gasteiger charge is 2.64. The highest BCUT2D eigenvalue weighted by molar-refractivity contribution is 5.86. The minimum Gasteiger partial charge on any atom is -0.481 e. The minimum absolute atomic E-state index is 0.00858. The third kappa shape index (κ3) is 3.74. The smallest absolute Gasteiger partial charge is 0.330 e. The molecule has 0 radical (unpaired) electrons. The van der Waals surface area contributed by atoms with Gasteiger partial charge in [-0.05, 0) is 92.8 Å². The maximum absolute atomic E-state index is 12.8. The van der Waals surface area contributed by atoms with E-state index in [0.29, 0.717) is 31.0 Å². The molecule has 0 saturated heterocycles. The number of fused-ring (bicyclic) bond motifs is 4. The van der Waals surface area contributed by atoms with Crippen LogP contribution in [0.2, 0.25) is 0 Å². The lowest BCUT2D eigenvalue weighted by atomic mass is 9.43. The zero-order valence-electron chi connectivity index (χ0n) is 22.5. The average molecular weight is 485 g/mol. The Hall–Kier alpha value is -1.91. The molecule has 5 heteroatoms. The summed E-state index contributed by atoms with van der Waals surface area (Å²) in [5.74, 6) is -1.26. The predicted octanol–water partition coefficient (Wildman–Crippen LogP) is 6.82. The molecule has 35 heavy (non-hydrogen) atoms. The van der Waals surface area contributed by atoms with E-state index in [4.69, 9.17) is 5.11 Å². The van der Waals surface area contributed by atoms with Crippen molar-refractivity contribution in [2.24, 2.45) is 39.4 Å². The Morgan fingerprint density at radius 3 is 2.29 bits per heavy atom. The number of ketones is 1. The fraction of sp³-hybridized carbons (Fsp3) is 0.767. The fourth-order valence-corrected chi connectivity index (χ4v) is 9.24. The molecule has 0 unspecified atom stereocenters. The van der Waals surface area contributed by atoms with Crippen molar-refractivity contribution in [1.29, 1.82) is 0 Å². The van der Waals surface area contributed by atoms with Gasteiger partial charge in [0.05, 0.1) is 5.92 Å². The van der Waals surface area contributed by atoms with Crippen LogP contribution in [0.4, 0.5) is 0 Å². The van der Waals surface area contributed by atoms with Crippen molar-refractivity contribution in [2.45, 2.75) is 106 Å². The van der Waals surface area contributed by atoms with E-state index >= 15 is 0 Å². The lowest BCUT2D eigenvalue weighted by Crippen LogP contribution is -2.54. The summed E-state index contributed by atoms with van der Waals surface area (Å²) in [6, 6.07) is 0. The van der Waals surface area contributed by atoms with Crippen LogP contribution in [-0.4, -0.2) is 27.9 Å². The molecule has 194 valence electrons. The van der Waals surface area contributed by atoms with E-state index in [1.807, 2.05) is 0 Å². The van der Waals surface area contributed by atoms with E-state index in [2.05, 4.69) is 34.6 Å². The second kappa shape index (κ2) is 8.59. The van der Waals surface area contributed by atoms with Gasteiger partial charge in [0, 0.05) is 17.4 Å². The van der Waals surface area contributed by atoms with Crippen molar-refractivity contribution in [3.05, 3.63) is 22.8 Å². The van der Waals surface area contributed by atoms with Gasteiger partial charge in [0.15, 0.2) is 0 Å². The van der Waals surface area contributed by atoms with Crippen LogP contribution in [0.3, 0.4) is 0 Å². The summed E-state index contributed by atoms with van der Waals surface area (Å²) in [5.41, 5.74) is 3.17. The van der Waals surface area contributed by atoms with Gasteiger partial charge in [-0.2, -0.15) is 0 Å². The maximum atomic E-state index is 12.8. The molecular formula is C30H44O5. The second-order valence-corrected chi connectivity index (χ2v) is 13.2. The predicted molar refractivity (Wildman–Crippen MR) is 136 cm³/mol. The van der Waals surface area contributed by atoms with Crippen LogP contribution < -0.4 is 0 Å². The zero-order chi connectivity index (χ0) is 26.0. The van der Waals surface area contributed by atoms with E-state index in [1.54, 1.807) is 24.1 Å². The van der Waals surface area contributed by atoms with Crippen molar-refractivity contribution in [2.75, 3.05) is 0 Å². The molecule has 0 bridgehead atoms. The Kier molecular flexibility index (Phi) is 6.42. The van der Waals surface area contributed by atoms with Gasteiger partial charge in [-0.1, -0.05) is 51.8 Å². The first-order valence-corrected chi connectivity index (χ1v) is 13.6. The molecule has 4 rings (SSSR count). The number of rotatable bonds is 6. The summed E-state index contributed by atoms with van der Waals surface area (Å²) in [5, 5.41) is 19.4. The first-order chi connectivity index (χ1) is 16.2. The van der Waals surface area contributed by atoms with Crippen molar-refractivity contribution < 1.29 is 24.6 Å². The summed E-state index contributed by atoms with van der Waals surface area (Å²) in [6.07, 6.45) is 10.3. The van der Waals surface area contributed by atoms with Crippen molar-refractivity contribution in [3.63, 3.8) is 0 Å². The summed E-state index contributed by atoms with van der Waals surface area (Å²) < 4.78 is 0. The molecule has 0 amide bonds. The zero-order valence-corrected chi connectivity index (χ0v) is 22.5. The normalized spacial score (nSPS) is 39.5. The summed E-state index contributed by atoms with van der Waals surface area (Å²) in [6.45, 7) is 13.0. The number of hydrogen-bond acceptors (Lipinski definition) is 3. The third-order valence-corrected chi connectivity index (χ3v) is 11.6. The first-order valence-electron chi connectivity index (χ1n) is 13.6. The average Bonchev–Trinajstić information content (AvgIpc) is 3.05. The number of carbonyl (C=O) groups is 3. The fourth-order valence-electron chi connectivity index (χ4n) is 9.24. The van der Waals surface area contributed by atoms with Crippen LogP contribution in [-0.2, 0) is 14.4 Å². The van der Waals surface area contributed by atoms with Crippen LogP contribution in [0, 0.1) is 39.4 Å². The molecule has 4 aliphatic rings. The van der Waals surface area contributed by atoms with Gasteiger partial charge in [0.25, 0.3) is 0 Å². The van der Waals surface area contributed by atoms with Crippen LogP contribution in [0.1, 0.15) is 106 Å². The second-order valence-electron chi connectivity index (χ2n) is 13.2. The number of Topliss-reactive ketones (excluding diaryl/α,β-unsaturated/α-hetero) is 1. The molecule has 2 fully saturated rings. The summed E-state index contributed by atoms with van der Waals surface area (Å²) >= 11 is 0. The van der Waals surface area contributed by atoms with Gasteiger partial charge in [-0.3, -0.25) is 9.59 Å². The lowest BCUT2D eigenvalue weighted by Gasteiger charge is -2.60. The van der Waals surface area contributed by atoms with E-state index in [9.17, 15) is 19.5 Å². The van der Waals surface area contributed by atoms with E-state index in [-0.39, 0.29) is 33.2 Å². The largest absolute Gasteiger partial charge is 0.481 e. The van der Waals surface area contributed by atoms with Crippen LogP contribution in [0.25, 0.3) is 0 Å². The van der Waals surface area contributed by atoms with Gasteiger partial charge in [0.1, 0.15) is 5.78 Å². The van der Waals surface area contributed by atoms with Crippen LogP contribution >= 0.6 is 0 Å². The molecule has 0 spiro atoms. The van der Waals surface area contributed by atoms with Gasteiger partial charge in [-0.15, -0.1) is 0 Å². The monoisotopic (exact) mass is 484 g/mol. The molecule has 0 aromatic heterocycles. The number of carboxylic acids is 2. The standard InChI is InChI=1S/C30H44O5/c1-18(25(32)33)8-7-9-19(26(34)35)20-12-16-30(6)22-10-11-23-27(2,3)24(31)14-15-28(23,4)21(22)13-17-29(20,30)5/h8,19-20,23H,7,9-17H2,1-6H3,(H,32,33)(H,34,35)/b18-8+/t19-,20-,23+,28-,29-,30+/m1/s1. The number of carbonyl (C=O) groups excluding carboxylic acids is 1. The highest BCUT2D eigenvalue weighted by atomic mass is 16.4. The highest BCUT2D eigenvalue weighted by Crippen LogP contribution is 2.72.